The van der Waals surface area contributed by atoms with Crippen molar-refractivity contribution in [3.05, 3.63) is 69.8 Å². The van der Waals surface area contributed by atoms with Gasteiger partial charge in [-0.15, -0.1) is 23.2 Å². The highest BCUT2D eigenvalue weighted by Gasteiger charge is 2.40. The van der Waals surface area contributed by atoms with Gasteiger partial charge in [0.15, 0.2) is 0 Å². The van der Waals surface area contributed by atoms with Crippen LogP contribution in [0.5, 0.6) is 0 Å². The molecule has 0 saturated carbocycles. The van der Waals surface area contributed by atoms with Gasteiger partial charge < -0.3 is 5.32 Å². The zero-order chi connectivity index (χ0) is 16.3. The molecule has 2 aromatic rings. The third-order valence-corrected chi connectivity index (χ3v) is 6.75. The van der Waals surface area contributed by atoms with Gasteiger partial charge in [-0.3, -0.25) is 4.90 Å². The maximum atomic E-state index is 6.91. The van der Waals surface area contributed by atoms with Gasteiger partial charge in [0.2, 0.25) is 0 Å². The first-order chi connectivity index (χ1) is 11.8. The molecular formula is C20H20Cl2N2. The third-order valence-electron chi connectivity index (χ3n) is 5.66. The van der Waals surface area contributed by atoms with E-state index in [-0.39, 0.29) is 16.8 Å². The van der Waals surface area contributed by atoms with E-state index in [1.54, 1.807) is 0 Å². The van der Waals surface area contributed by atoms with E-state index in [1.165, 1.54) is 33.4 Å². The number of fused-ring (bicyclic) bond motifs is 4. The van der Waals surface area contributed by atoms with Gasteiger partial charge in [-0.05, 0) is 39.8 Å². The minimum Gasteiger partial charge on any atom is -0.314 e. The normalized spacial score (nSPS) is 28.5. The second-order valence-electron chi connectivity index (χ2n) is 7.00. The van der Waals surface area contributed by atoms with E-state index >= 15 is 0 Å². The number of nitrogens with one attached hydrogen (secondary N) is 1. The van der Waals surface area contributed by atoms with E-state index < -0.39 is 0 Å². The molecule has 4 heteroatoms. The van der Waals surface area contributed by atoms with Gasteiger partial charge >= 0.3 is 0 Å². The number of hydrogen-bond acceptors (Lipinski definition) is 2. The van der Waals surface area contributed by atoms with Crippen LogP contribution in [0.4, 0.5) is 0 Å². The summed E-state index contributed by atoms with van der Waals surface area (Å²) in [6.45, 7) is 4.17. The molecule has 3 aliphatic rings. The SMILES string of the molecule is ClC1c2ccccc2C(N2CCNCC2)c2ccc3c(c2C1Cl)C3. The van der Waals surface area contributed by atoms with Crippen molar-refractivity contribution in [2.75, 3.05) is 26.2 Å². The van der Waals surface area contributed by atoms with Crippen molar-refractivity contribution in [3.63, 3.8) is 0 Å². The minimum atomic E-state index is -0.179. The Labute approximate surface area is 152 Å². The van der Waals surface area contributed by atoms with Crippen LogP contribution in [0, 0.1) is 0 Å². The summed E-state index contributed by atoms with van der Waals surface area (Å²) in [5.74, 6) is 0. The predicted molar refractivity (Wildman–Crippen MR) is 99.2 cm³/mol. The summed E-state index contributed by atoms with van der Waals surface area (Å²) in [4.78, 5) is 2.58. The lowest BCUT2D eigenvalue weighted by Crippen LogP contribution is -2.45. The predicted octanol–water partition coefficient (Wildman–Crippen LogP) is 4.16. The van der Waals surface area contributed by atoms with E-state index in [0.29, 0.717) is 0 Å². The fraction of sp³-hybridized carbons (Fsp3) is 0.400. The first-order valence-corrected chi connectivity index (χ1v) is 9.59. The van der Waals surface area contributed by atoms with Gasteiger partial charge in [-0.25, -0.2) is 0 Å². The van der Waals surface area contributed by atoms with E-state index in [2.05, 4.69) is 46.6 Å². The average molecular weight is 359 g/mol. The molecule has 1 N–H and O–H groups in total. The van der Waals surface area contributed by atoms with Crippen molar-refractivity contribution < 1.29 is 0 Å². The Morgan fingerprint density at radius 3 is 2.42 bits per heavy atom. The van der Waals surface area contributed by atoms with Crippen LogP contribution in [-0.2, 0) is 6.42 Å². The lowest BCUT2D eigenvalue weighted by molar-refractivity contribution is 0.198. The van der Waals surface area contributed by atoms with Crippen LogP contribution < -0.4 is 5.32 Å². The number of nitrogens with zero attached hydrogens (tertiary/aromatic N) is 1. The maximum Gasteiger partial charge on any atom is 0.0796 e. The highest BCUT2D eigenvalue weighted by molar-refractivity contribution is 6.30. The molecule has 0 spiro atoms. The monoisotopic (exact) mass is 358 g/mol. The molecule has 5 rings (SSSR count). The topological polar surface area (TPSA) is 15.3 Å². The Morgan fingerprint density at radius 2 is 1.62 bits per heavy atom. The number of halogens is 2. The first kappa shape index (κ1) is 15.2. The molecule has 0 amide bonds. The van der Waals surface area contributed by atoms with Crippen molar-refractivity contribution in [1.29, 1.82) is 0 Å². The van der Waals surface area contributed by atoms with Crippen molar-refractivity contribution in [2.45, 2.75) is 23.2 Å². The lowest BCUT2D eigenvalue weighted by Gasteiger charge is -2.36. The number of rotatable bonds is 1. The Bertz CT molecular complexity index is 798. The molecule has 2 aromatic carbocycles. The maximum absolute atomic E-state index is 6.91. The van der Waals surface area contributed by atoms with Crippen molar-refractivity contribution in [1.82, 2.24) is 10.2 Å². The quantitative estimate of drug-likeness (QED) is 0.657. The Morgan fingerprint density at radius 1 is 0.875 bits per heavy atom. The smallest absolute Gasteiger partial charge is 0.0796 e. The molecule has 0 aromatic heterocycles. The molecule has 2 aliphatic carbocycles. The Kier molecular flexibility index (Phi) is 3.64. The fourth-order valence-corrected chi connectivity index (χ4v) is 5.13. The summed E-state index contributed by atoms with van der Waals surface area (Å²) >= 11 is 13.8. The highest BCUT2D eigenvalue weighted by Crippen LogP contribution is 2.53. The molecule has 0 bridgehead atoms. The average Bonchev–Trinajstić information content (AvgIpc) is 3.42. The van der Waals surface area contributed by atoms with E-state index in [4.69, 9.17) is 23.2 Å². The molecule has 0 radical (unpaired) electrons. The molecule has 1 aliphatic heterocycles. The van der Waals surface area contributed by atoms with Crippen LogP contribution >= 0.6 is 23.2 Å². The summed E-state index contributed by atoms with van der Waals surface area (Å²) in [6.07, 6.45) is 1.08. The lowest BCUT2D eigenvalue weighted by atomic mass is 9.92. The van der Waals surface area contributed by atoms with Gasteiger partial charge in [0, 0.05) is 26.2 Å². The molecule has 1 heterocycles. The van der Waals surface area contributed by atoms with E-state index in [9.17, 15) is 0 Å². The number of alkyl halides is 2. The van der Waals surface area contributed by atoms with Crippen LogP contribution in [-0.4, -0.2) is 31.1 Å². The molecular weight excluding hydrogens is 339 g/mol. The molecule has 3 unspecified atom stereocenters. The molecule has 24 heavy (non-hydrogen) atoms. The van der Waals surface area contributed by atoms with Crippen molar-refractivity contribution >= 4 is 23.2 Å². The summed E-state index contributed by atoms with van der Waals surface area (Å²) in [5.41, 5.74) is 8.05. The zero-order valence-electron chi connectivity index (χ0n) is 13.4. The highest BCUT2D eigenvalue weighted by atomic mass is 35.5. The van der Waals surface area contributed by atoms with Crippen molar-refractivity contribution in [3.8, 4) is 0 Å². The second kappa shape index (κ2) is 5.74. The minimum absolute atomic E-state index is 0.159. The Balaban J connectivity index is 1.74. The first-order valence-electron chi connectivity index (χ1n) is 8.72. The van der Waals surface area contributed by atoms with Crippen LogP contribution in [0.3, 0.4) is 0 Å². The van der Waals surface area contributed by atoms with Gasteiger partial charge in [0.1, 0.15) is 0 Å². The van der Waals surface area contributed by atoms with E-state index in [1.807, 2.05) is 0 Å². The third kappa shape index (κ3) is 2.24. The van der Waals surface area contributed by atoms with Crippen LogP contribution in [0.25, 0.3) is 0 Å². The molecule has 124 valence electrons. The largest absolute Gasteiger partial charge is 0.314 e. The summed E-state index contributed by atoms with van der Waals surface area (Å²) in [6, 6.07) is 13.4. The molecule has 1 fully saturated rings. The van der Waals surface area contributed by atoms with Gasteiger partial charge in [-0.1, -0.05) is 36.4 Å². The summed E-state index contributed by atoms with van der Waals surface area (Å²) < 4.78 is 0. The van der Waals surface area contributed by atoms with Gasteiger partial charge in [0.05, 0.1) is 16.8 Å². The van der Waals surface area contributed by atoms with E-state index in [0.717, 1.165) is 32.6 Å². The second-order valence-corrected chi connectivity index (χ2v) is 7.94. The summed E-state index contributed by atoms with van der Waals surface area (Å²) in [5, 5.41) is 3.12. The van der Waals surface area contributed by atoms with Gasteiger partial charge in [0.25, 0.3) is 0 Å². The van der Waals surface area contributed by atoms with Crippen molar-refractivity contribution in [2.24, 2.45) is 0 Å². The standard InChI is InChI=1S/C20H20Cl2N2/c21-18-13-3-1-2-4-14(13)20(24-9-7-23-8-10-24)15-6-5-12-11-16(12)17(15)19(18)22/h1-6,18-20,23H,7-11H2. The number of hydrogen-bond donors (Lipinski definition) is 1. The number of benzene rings is 2. The van der Waals surface area contributed by atoms with Crippen LogP contribution in [0.15, 0.2) is 36.4 Å². The zero-order valence-corrected chi connectivity index (χ0v) is 14.9. The molecule has 3 atom stereocenters. The van der Waals surface area contributed by atoms with Crippen LogP contribution in [0.2, 0.25) is 0 Å². The Hall–Kier alpha value is -1.06. The molecule has 2 nitrogen and oxygen atoms in total. The molecule has 1 saturated heterocycles. The fourth-order valence-electron chi connectivity index (χ4n) is 4.41. The van der Waals surface area contributed by atoms with Gasteiger partial charge in [-0.2, -0.15) is 0 Å². The van der Waals surface area contributed by atoms with Crippen LogP contribution in [0.1, 0.15) is 50.2 Å². The summed E-state index contributed by atoms with van der Waals surface area (Å²) in [7, 11) is 0. The number of piperazine rings is 1.